The molecule has 3 rings (SSSR count). The Bertz CT molecular complexity index is 785. The van der Waals surface area contributed by atoms with Crippen molar-refractivity contribution >= 4 is 51.7 Å². The monoisotopic (exact) mass is 322 g/mol. The van der Waals surface area contributed by atoms with E-state index in [1.165, 1.54) is 0 Å². The molecule has 0 aliphatic carbocycles. The molecule has 0 radical (unpaired) electrons. The molecule has 108 valence electrons. The van der Waals surface area contributed by atoms with Crippen molar-refractivity contribution in [3.63, 3.8) is 0 Å². The van der Waals surface area contributed by atoms with E-state index in [-0.39, 0.29) is 0 Å². The van der Waals surface area contributed by atoms with Crippen LogP contribution in [-0.2, 0) is 0 Å². The van der Waals surface area contributed by atoms with Crippen LogP contribution in [-0.4, -0.2) is 26.7 Å². The van der Waals surface area contributed by atoms with Gasteiger partial charge in [-0.25, -0.2) is 0 Å². The largest absolute Gasteiger partial charge is 0.354 e. The molecule has 0 atom stereocenters. The molecule has 0 aliphatic rings. The molecule has 1 aromatic carbocycles. The Morgan fingerprint density at radius 1 is 1.19 bits per heavy atom. The number of aromatic amines is 1. The molecule has 2 heterocycles. The van der Waals surface area contributed by atoms with Gasteiger partial charge in [0.05, 0.1) is 21.6 Å². The summed E-state index contributed by atoms with van der Waals surface area (Å²) in [5, 5.41) is 14.9. The number of benzene rings is 1. The number of fused-ring (bicyclic) bond motifs is 1. The third-order valence-corrected chi connectivity index (χ3v) is 3.57. The summed E-state index contributed by atoms with van der Waals surface area (Å²) in [6, 6.07) is 5.30. The first kappa shape index (κ1) is 13.9. The maximum absolute atomic E-state index is 6.02. The van der Waals surface area contributed by atoms with Crippen molar-refractivity contribution < 1.29 is 0 Å². The number of halogens is 2. The standard InChI is InChI=1S/C13H12Cl2N6/c1-2-16-13-19-11(8-6-17-21-12(8)20-13)18-7-3-4-9(14)10(15)5-7/h3-6H,2H2,1H3,(H3,16,17,18,19,20,21). The van der Waals surface area contributed by atoms with Gasteiger partial charge in [-0.2, -0.15) is 15.1 Å². The minimum Gasteiger partial charge on any atom is -0.354 e. The first-order valence-electron chi connectivity index (χ1n) is 6.34. The summed E-state index contributed by atoms with van der Waals surface area (Å²) in [7, 11) is 0. The average molecular weight is 323 g/mol. The third-order valence-electron chi connectivity index (χ3n) is 2.83. The fourth-order valence-corrected chi connectivity index (χ4v) is 2.18. The van der Waals surface area contributed by atoms with Crippen LogP contribution in [0, 0.1) is 0 Å². The third kappa shape index (κ3) is 2.86. The highest BCUT2D eigenvalue weighted by atomic mass is 35.5. The molecule has 2 aromatic heterocycles. The van der Waals surface area contributed by atoms with Gasteiger partial charge in [0.25, 0.3) is 0 Å². The van der Waals surface area contributed by atoms with E-state index in [2.05, 4.69) is 30.8 Å². The van der Waals surface area contributed by atoms with Crippen molar-refractivity contribution in [2.24, 2.45) is 0 Å². The summed E-state index contributed by atoms with van der Waals surface area (Å²) in [6.45, 7) is 2.71. The molecule has 0 fully saturated rings. The lowest BCUT2D eigenvalue weighted by Crippen LogP contribution is -2.04. The van der Waals surface area contributed by atoms with E-state index in [9.17, 15) is 0 Å². The zero-order valence-corrected chi connectivity index (χ0v) is 12.6. The maximum atomic E-state index is 6.02. The van der Waals surface area contributed by atoms with Gasteiger partial charge in [0, 0.05) is 12.2 Å². The lowest BCUT2D eigenvalue weighted by molar-refractivity contribution is 1.07. The normalized spacial score (nSPS) is 10.8. The molecule has 0 aliphatic heterocycles. The van der Waals surface area contributed by atoms with E-state index in [0.29, 0.717) is 27.5 Å². The highest BCUT2D eigenvalue weighted by molar-refractivity contribution is 6.42. The fourth-order valence-electron chi connectivity index (χ4n) is 1.88. The van der Waals surface area contributed by atoms with Crippen LogP contribution in [0.1, 0.15) is 6.92 Å². The quantitative estimate of drug-likeness (QED) is 0.680. The minimum absolute atomic E-state index is 0.478. The van der Waals surface area contributed by atoms with E-state index in [0.717, 1.165) is 17.6 Å². The van der Waals surface area contributed by atoms with Gasteiger partial charge in [0.2, 0.25) is 5.95 Å². The summed E-state index contributed by atoms with van der Waals surface area (Å²) in [5.74, 6) is 1.17. The summed E-state index contributed by atoms with van der Waals surface area (Å²) in [4.78, 5) is 8.77. The van der Waals surface area contributed by atoms with Gasteiger partial charge in [0.15, 0.2) is 5.65 Å². The van der Waals surface area contributed by atoms with Gasteiger partial charge in [-0.3, -0.25) is 5.10 Å². The molecule has 3 aromatic rings. The topological polar surface area (TPSA) is 78.5 Å². The van der Waals surface area contributed by atoms with Crippen molar-refractivity contribution in [1.82, 2.24) is 20.2 Å². The van der Waals surface area contributed by atoms with E-state index < -0.39 is 0 Å². The Labute approximate surface area is 130 Å². The lowest BCUT2D eigenvalue weighted by Gasteiger charge is -2.09. The van der Waals surface area contributed by atoms with Gasteiger partial charge in [-0.15, -0.1) is 0 Å². The zero-order chi connectivity index (χ0) is 14.8. The van der Waals surface area contributed by atoms with E-state index in [1.807, 2.05) is 13.0 Å². The summed E-state index contributed by atoms with van der Waals surface area (Å²) < 4.78 is 0. The Hall–Kier alpha value is -2.05. The van der Waals surface area contributed by atoms with Crippen molar-refractivity contribution in [2.45, 2.75) is 6.92 Å². The van der Waals surface area contributed by atoms with Gasteiger partial charge in [-0.05, 0) is 25.1 Å². The van der Waals surface area contributed by atoms with Crippen molar-refractivity contribution in [3.05, 3.63) is 34.4 Å². The molecule has 0 unspecified atom stereocenters. The van der Waals surface area contributed by atoms with Crippen LogP contribution < -0.4 is 10.6 Å². The minimum atomic E-state index is 0.478. The molecular weight excluding hydrogens is 311 g/mol. The maximum Gasteiger partial charge on any atom is 0.226 e. The van der Waals surface area contributed by atoms with Crippen LogP contribution in [0.15, 0.2) is 24.4 Å². The summed E-state index contributed by atoms with van der Waals surface area (Å²) in [6.07, 6.45) is 1.67. The molecule has 0 spiro atoms. The fraction of sp³-hybridized carbons (Fsp3) is 0.154. The second-order valence-electron chi connectivity index (χ2n) is 4.31. The van der Waals surface area contributed by atoms with Gasteiger partial charge in [0.1, 0.15) is 5.82 Å². The second-order valence-corrected chi connectivity index (χ2v) is 5.13. The molecule has 8 heteroatoms. The van der Waals surface area contributed by atoms with E-state index in [1.54, 1.807) is 18.3 Å². The Morgan fingerprint density at radius 2 is 2.05 bits per heavy atom. The Balaban J connectivity index is 2.01. The predicted molar refractivity (Wildman–Crippen MR) is 85.6 cm³/mol. The first-order chi connectivity index (χ1) is 10.2. The molecule has 0 saturated carbocycles. The molecule has 0 bridgehead atoms. The van der Waals surface area contributed by atoms with Gasteiger partial charge >= 0.3 is 0 Å². The van der Waals surface area contributed by atoms with Crippen LogP contribution in [0.3, 0.4) is 0 Å². The molecular formula is C13H12Cl2N6. The van der Waals surface area contributed by atoms with E-state index in [4.69, 9.17) is 23.2 Å². The van der Waals surface area contributed by atoms with Crippen LogP contribution >= 0.6 is 23.2 Å². The van der Waals surface area contributed by atoms with Gasteiger partial charge in [-0.1, -0.05) is 23.2 Å². The number of hydrogen-bond acceptors (Lipinski definition) is 5. The van der Waals surface area contributed by atoms with Crippen LogP contribution in [0.4, 0.5) is 17.5 Å². The summed E-state index contributed by atoms with van der Waals surface area (Å²) in [5.41, 5.74) is 1.44. The van der Waals surface area contributed by atoms with Crippen LogP contribution in [0.5, 0.6) is 0 Å². The van der Waals surface area contributed by atoms with Gasteiger partial charge < -0.3 is 10.6 Å². The number of anilines is 3. The highest BCUT2D eigenvalue weighted by Crippen LogP contribution is 2.28. The van der Waals surface area contributed by atoms with Crippen molar-refractivity contribution in [2.75, 3.05) is 17.2 Å². The predicted octanol–water partition coefficient (Wildman–Crippen LogP) is 3.84. The first-order valence-corrected chi connectivity index (χ1v) is 7.10. The Kier molecular flexibility index (Phi) is 3.81. The second kappa shape index (κ2) is 5.75. The number of rotatable bonds is 4. The smallest absolute Gasteiger partial charge is 0.226 e. The zero-order valence-electron chi connectivity index (χ0n) is 11.1. The van der Waals surface area contributed by atoms with Crippen molar-refractivity contribution in [1.29, 1.82) is 0 Å². The number of aromatic nitrogens is 4. The highest BCUT2D eigenvalue weighted by Gasteiger charge is 2.10. The van der Waals surface area contributed by atoms with E-state index >= 15 is 0 Å². The number of hydrogen-bond donors (Lipinski definition) is 3. The lowest BCUT2D eigenvalue weighted by atomic mass is 10.3. The van der Waals surface area contributed by atoms with Crippen LogP contribution in [0.25, 0.3) is 11.0 Å². The number of nitrogens with zero attached hydrogens (tertiary/aromatic N) is 3. The van der Waals surface area contributed by atoms with Crippen molar-refractivity contribution in [3.8, 4) is 0 Å². The number of H-pyrrole nitrogens is 1. The molecule has 6 nitrogen and oxygen atoms in total. The molecule has 21 heavy (non-hydrogen) atoms. The molecule has 0 amide bonds. The number of nitrogens with one attached hydrogen (secondary N) is 3. The average Bonchev–Trinajstić information content (AvgIpc) is 2.92. The SMILES string of the molecule is CCNc1nc(Nc2ccc(Cl)c(Cl)c2)c2cn[nH]c2n1. The molecule has 3 N–H and O–H groups in total. The summed E-state index contributed by atoms with van der Waals surface area (Å²) >= 11 is 11.9. The van der Waals surface area contributed by atoms with Crippen LogP contribution in [0.2, 0.25) is 10.0 Å². The molecule has 0 saturated heterocycles. The Morgan fingerprint density at radius 3 is 2.81 bits per heavy atom.